The van der Waals surface area contributed by atoms with Crippen LogP contribution < -0.4 is 4.74 Å². The Morgan fingerprint density at radius 1 is 1.03 bits per heavy atom. The molecule has 0 atom stereocenters. The fraction of sp³-hybridized carbons (Fsp3) is 0.520. The molecule has 1 aliphatic heterocycles. The third kappa shape index (κ3) is 5.56. The van der Waals surface area contributed by atoms with Gasteiger partial charge in [-0.05, 0) is 57.9 Å². The van der Waals surface area contributed by atoms with Gasteiger partial charge in [0.1, 0.15) is 5.75 Å². The first kappa shape index (κ1) is 23.1. The Morgan fingerprint density at radius 2 is 1.68 bits per heavy atom. The number of carbonyl (C=O) groups excluding carboxylic acids is 2. The van der Waals surface area contributed by atoms with Crippen molar-refractivity contribution in [1.29, 1.82) is 0 Å². The van der Waals surface area contributed by atoms with Gasteiger partial charge < -0.3 is 14.2 Å². The molecule has 0 aliphatic carbocycles. The minimum Gasteiger partial charge on any atom is -0.497 e. The van der Waals surface area contributed by atoms with Crippen molar-refractivity contribution in [2.24, 2.45) is 0 Å². The van der Waals surface area contributed by atoms with E-state index in [0.717, 1.165) is 47.8 Å². The molecule has 6 heteroatoms. The number of hydrogen-bond acceptors (Lipinski definition) is 4. The van der Waals surface area contributed by atoms with E-state index in [1.807, 2.05) is 42.2 Å². The van der Waals surface area contributed by atoms with E-state index in [9.17, 15) is 9.59 Å². The van der Waals surface area contributed by atoms with Crippen molar-refractivity contribution in [2.75, 3.05) is 39.8 Å². The Balaban J connectivity index is 1.47. The molecule has 0 N–H and O–H groups in total. The van der Waals surface area contributed by atoms with Crippen LogP contribution >= 0.6 is 0 Å². The summed E-state index contributed by atoms with van der Waals surface area (Å²) in [7, 11) is 1.65. The molecule has 1 aromatic heterocycles. The minimum atomic E-state index is 0.166. The molecule has 1 amide bonds. The van der Waals surface area contributed by atoms with Crippen LogP contribution in [0.1, 0.15) is 53.6 Å². The average molecular weight is 426 g/mol. The number of aryl methyl sites for hydroxylation is 2. The topological polar surface area (TPSA) is 54.8 Å². The summed E-state index contributed by atoms with van der Waals surface area (Å²) in [5.74, 6) is 1.17. The lowest BCUT2D eigenvalue weighted by atomic mass is 10.1. The highest BCUT2D eigenvalue weighted by molar-refractivity contribution is 5.99. The van der Waals surface area contributed by atoms with Gasteiger partial charge in [-0.25, -0.2) is 0 Å². The molecule has 0 radical (unpaired) electrons. The second kappa shape index (κ2) is 10.1. The normalized spacial score (nSPS) is 14.8. The highest BCUT2D eigenvalue weighted by Crippen LogP contribution is 2.21. The Kier molecular flexibility index (Phi) is 7.55. The van der Waals surface area contributed by atoms with Gasteiger partial charge in [0.25, 0.3) is 0 Å². The summed E-state index contributed by atoms with van der Waals surface area (Å²) in [6, 6.07) is 10.2. The van der Waals surface area contributed by atoms with Crippen molar-refractivity contribution in [3.8, 4) is 5.75 Å². The molecule has 1 fully saturated rings. The largest absolute Gasteiger partial charge is 0.497 e. The lowest BCUT2D eigenvalue weighted by Gasteiger charge is -2.34. The van der Waals surface area contributed by atoms with Crippen LogP contribution in [0.2, 0.25) is 0 Å². The third-order valence-electron chi connectivity index (χ3n) is 6.18. The molecule has 2 heterocycles. The van der Waals surface area contributed by atoms with Crippen LogP contribution in [0, 0.1) is 13.8 Å². The number of nitrogens with zero attached hydrogens (tertiary/aromatic N) is 3. The second-order valence-corrected chi connectivity index (χ2v) is 8.68. The van der Waals surface area contributed by atoms with Crippen molar-refractivity contribution in [2.45, 2.75) is 46.6 Å². The van der Waals surface area contributed by atoms with Gasteiger partial charge in [-0.3, -0.25) is 14.5 Å². The molecule has 0 saturated carbocycles. The third-order valence-corrected chi connectivity index (χ3v) is 6.18. The standard InChI is InChI=1S/C25H35N3O3/c1-18(2)28-19(3)16-23(20(28)4)24(29)17-26-12-14-27(15-13-26)25(30)11-8-21-6-9-22(31-5)10-7-21/h6-7,9-10,16,18H,8,11-15,17H2,1-5H3. The fourth-order valence-electron chi connectivity index (χ4n) is 4.50. The molecule has 3 rings (SSSR count). The molecule has 1 aromatic carbocycles. The number of methoxy groups -OCH3 is 1. The van der Waals surface area contributed by atoms with Crippen LogP contribution in [0.5, 0.6) is 5.75 Å². The summed E-state index contributed by atoms with van der Waals surface area (Å²) in [6.45, 7) is 11.6. The number of amides is 1. The Labute approximate surface area is 185 Å². The maximum Gasteiger partial charge on any atom is 0.222 e. The first-order valence-corrected chi connectivity index (χ1v) is 11.1. The molecule has 2 aromatic rings. The minimum absolute atomic E-state index is 0.166. The molecule has 168 valence electrons. The zero-order valence-corrected chi connectivity index (χ0v) is 19.5. The zero-order valence-electron chi connectivity index (χ0n) is 19.5. The van der Waals surface area contributed by atoms with Crippen LogP contribution in [0.25, 0.3) is 0 Å². The van der Waals surface area contributed by atoms with Crippen LogP contribution in [0.15, 0.2) is 30.3 Å². The van der Waals surface area contributed by atoms with Gasteiger partial charge in [-0.15, -0.1) is 0 Å². The van der Waals surface area contributed by atoms with Crippen LogP contribution in [0.3, 0.4) is 0 Å². The molecular formula is C25H35N3O3. The Morgan fingerprint density at radius 3 is 2.23 bits per heavy atom. The molecule has 1 saturated heterocycles. The monoisotopic (exact) mass is 425 g/mol. The Bertz CT molecular complexity index is 907. The zero-order chi connectivity index (χ0) is 22.5. The summed E-state index contributed by atoms with van der Waals surface area (Å²) in [5.41, 5.74) is 4.13. The first-order chi connectivity index (χ1) is 14.8. The van der Waals surface area contributed by atoms with Crippen molar-refractivity contribution < 1.29 is 14.3 Å². The first-order valence-electron chi connectivity index (χ1n) is 11.1. The molecule has 31 heavy (non-hydrogen) atoms. The maximum absolute atomic E-state index is 12.9. The van der Waals surface area contributed by atoms with Gasteiger partial charge in [-0.1, -0.05) is 12.1 Å². The molecule has 1 aliphatic rings. The van der Waals surface area contributed by atoms with Gasteiger partial charge in [0.05, 0.1) is 13.7 Å². The fourth-order valence-corrected chi connectivity index (χ4v) is 4.50. The van der Waals surface area contributed by atoms with Gasteiger partial charge in [-0.2, -0.15) is 0 Å². The summed E-state index contributed by atoms with van der Waals surface area (Å²) < 4.78 is 7.39. The lowest BCUT2D eigenvalue weighted by molar-refractivity contribution is -0.132. The number of hydrogen-bond donors (Lipinski definition) is 0. The SMILES string of the molecule is COc1ccc(CCC(=O)N2CCN(CC(=O)c3cc(C)n(C(C)C)c3C)CC2)cc1. The number of Topliss-reactive ketones (excluding diaryl/α,β-unsaturated/α-hetero) is 1. The van der Waals surface area contributed by atoms with E-state index in [1.54, 1.807) is 7.11 Å². The van der Waals surface area contributed by atoms with Crippen molar-refractivity contribution in [3.05, 3.63) is 52.8 Å². The van der Waals surface area contributed by atoms with Crippen molar-refractivity contribution in [3.63, 3.8) is 0 Å². The summed E-state index contributed by atoms with van der Waals surface area (Å²) in [4.78, 5) is 29.6. The van der Waals surface area contributed by atoms with Crippen molar-refractivity contribution in [1.82, 2.24) is 14.4 Å². The number of aromatic nitrogens is 1. The van der Waals surface area contributed by atoms with Gasteiger partial charge in [0, 0.05) is 55.6 Å². The summed E-state index contributed by atoms with van der Waals surface area (Å²) >= 11 is 0. The number of piperazine rings is 1. The molecule has 0 unspecified atom stereocenters. The predicted octanol–water partition coefficient (Wildman–Crippen LogP) is 3.65. The lowest BCUT2D eigenvalue weighted by Crippen LogP contribution is -2.50. The van der Waals surface area contributed by atoms with E-state index in [0.29, 0.717) is 32.1 Å². The van der Waals surface area contributed by atoms with E-state index < -0.39 is 0 Å². The number of ether oxygens (including phenoxy) is 1. The molecular weight excluding hydrogens is 390 g/mol. The van der Waals surface area contributed by atoms with E-state index in [1.165, 1.54) is 0 Å². The summed E-state index contributed by atoms with van der Waals surface area (Å²) in [5, 5.41) is 0. The number of carbonyl (C=O) groups is 2. The van der Waals surface area contributed by atoms with E-state index in [2.05, 4.69) is 30.2 Å². The highest BCUT2D eigenvalue weighted by atomic mass is 16.5. The Hall–Kier alpha value is -2.60. The summed E-state index contributed by atoms with van der Waals surface area (Å²) in [6.07, 6.45) is 1.24. The quantitative estimate of drug-likeness (QED) is 0.606. The van der Waals surface area contributed by atoms with E-state index in [4.69, 9.17) is 4.74 Å². The second-order valence-electron chi connectivity index (χ2n) is 8.68. The van der Waals surface area contributed by atoms with Gasteiger partial charge in [0.15, 0.2) is 5.78 Å². The number of ketones is 1. The maximum atomic E-state index is 12.9. The highest BCUT2D eigenvalue weighted by Gasteiger charge is 2.24. The molecule has 0 spiro atoms. The van der Waals surface area contributed by atoms with E-state index in [-0.39, 0.29) is 11.7 Å². The molecule has 0 bridgehead atoms. The van der Waals surface area contributed by atoms with Gasteiger partial charge in [0.2, 0.25) is 5.91 Å². The van der Waals surface area contributed by atoms with Crippen LogP contribution in [0.4, 0.5) is 0 Å². The predicted molar refractivity (Wildman–Crippen MR) is 123 cm³/mol. The van der Waals surface area contributed by atoms with Gasteiger partial charge >= 0.3 is 0 Å². The van der Waals surface area contributed by atoms with Crippen LogP contribution in [-0.4, -0.2) is 65.9 Å². The van der Waals surface area contributed by atoms with E-state index >= 15 is 0 Å². The average Bonchev–Trinajstić information content (AvgIpc) is 3.07. The number of rotatable bonds is 8. The smallest absolute Gasteiger partial charge is 0.222 e. The number of benzene rings is 1. The molecule has 6 nitrogen and oxygen atoms in total. The van der Waals surface area contributed by atoms with Crippen molar-refractivity contribution >= 4 is 11.7 Å². The van der Waals surface area contributed by atoms with Crippen LogP contribution in [-0.2, 0) is 11.2 Å².